The van der Waals surface area contributed by atoms with Crippen molar-refractivity contribution in [2.75, 3.05) is 5.32 Å². The number of imidazole rings is 1. The molecule has 0 saturated carbocycles. The molecular formula is C26H21FN4O. The summed E-state index contributed by atoms with van der Waals surface area (Å²) in [4.78, 5) is 12.5. The van der Waals surface area contributed by atoms with Crippen LogP contribution >= 0.6 is 0 Å². The number of ether oxygens (including phenoxy) is 1. The summed E-state index contributed by atoms with van der Waals surface area (Å²) in [7, 11) is 0. The molecule has 6 heteroatoms. The molecule has 0 saturated heterocycles. The van der Waals surface area contributed by atoms with Crippen molar-refractivity contribution in [3.8, 4) is 17.3 Å². The Balaban J connectivity index is 1.26. The van der Waals surface area contributed by atoms with Gasteiger partial charge in [0.1, 0.15) is 18.2 Å². The molecule has 2 N–H and O–H groups in total. The first-order valence-electron chi connectivity index (χ1n) is 10.4. The van der Waals surface area contributed by atoms with Crippen LogP contribution in [-0.4, -0.2) is 15.0 Å². The molecule has 0 fully saturated rings. The minimum absolute atomic E-state index is 0.228. The average molecular weight is 424 g/mol. The SMILES string of the molecule is Fc1ccc(CNc2ccc(-c3nc4nc(OCc5ccccc5)ccc4[nH]3)cc2)cc1. The number of anilines is 1. The van der Waals surface area contributed by atoms with E-state index in [0.29, 0.717) is 24.7 Å². The Kier molecular flexibility index (Phi) is 5.49. The predicted molar refractivity (Wildman–Crippen MR) is 124 cm³/mol. The van der Waals surface area contributed by atoms with Gasteiger partial charge in [-0.25, -0.2) is 9.37 Å². The first-order chi connectivity index (χ1) is 15.7. The van der Waals surface area contributed by atoms with E-state index in [2.05, 4.69) is 20.3 Å². The maximum atomic E-state index is 13.0. The number of pyridine rings is 1. The van der Waals surface area contributed by atoms with Crippen LogP contribution < -0.4 is 10.1 Å². The Morgan fingerprint density at radius 3 is 2.34 bits per heavy atom. The van der Waals surface area contributed by atoms with Crippen LogP contribution in [0.5, 0.6) is 5.88 Å². The Hall–Kier alpha value is -4.19. The van der Waals surface area contributed by atoms with Gasteiger partial charge in [0.2, 0.25) is 5.88 Å². The lowest BCUT2D eigenvalue weighted by Crippen LogP contribution is -1.99. The Bertz CT molecular complexity index is 1320. The Morgan fingerprint density at radius 2 is 1.56 bits per heavy atom. The third-order valence-corrected chi connectivity index (χ3v) is 5.12. The number of benzene rings is 3. The van der Waals surface area contributed by atoms with Crippen LogP contribution in [0.2, 0.25) is 0 Å². The van der Waals surface area contributed by atoms with Crippen LogP contribution in [0.15, 0.2) is 91.0 Å². The zero-order valence-electron chi connectivity index (χ0n) is 17.3. The van der Waals surface area contributed by atoms with Gasteiger partial charge >= 0.3 is 0 Å². The van der Waals surface area contributed by atoms with Crippen LogP contribution in [0.1, 0.15) is 11.1 Å². The van der Waals surface area contributed by atoms with Gasteiger partial charge in [0.05, 0.1) is 5.52 Å². The van der Waals surface area contributed by atoms with Crippen LogP contribution in [0.3, 0.4) is 0 Å². The van der Waals surface area contributed by atoms with Crippen LogP contribution in [0, 0.1) is 5.82 Å². The van der Waals surface area contributed by atoms with Crippen LogP contribution in [-0.2, 0) is 13.2 Å². The lowest BCUT2D eigenvalue weighted by atomic mass is 10.2. The van der Waals surface area contributed by atoms with Gasteiger partial charge in [-0.15, -0.1) is 0 Å². The lowest BCUT2D eigenvalue weighted by molar-refractivity contribution is 0.295. The predicted octanol–water partition coefficient (Wildman–Crippen LogP) is 5.96. The summed E-state index contributed by atoms with van der Waals surface area (Å²) >= 11 is 0. The zero-order chi connectivity index (χ0) is 21.8. The molecule has 2 aromatic heterocycles. The molecule has 0 aliphatic carbocycles. The lowest BCUT2D eigenvalue weighted by Gasteiger charge is -2.07. The van der Waals surface area contributed by atoms with Gasteiger partial charge in [0.25, 0.3) is 0 Å². The highest BCUT2D eigenvalue weighted by atomic mass is 19.1. The quantitative estimate of drug-likeness (QED) is 0.339. The smallest absolute Gasteiger partial charge is 0.215 e. The molecule has 0 spiro atoms. The van der Waals surface area contributed by atoms with E-state index < -0.39 is 0 Å². The molecule has 0 aliphatic heterocycles. The van der Waals surface area contributed by atoms with Gasteiger partial charge in [0.15, 0.2) is 5.65 Å². The fourth-order valence-corrected chi connectivity index (χ4v) is 3.38. The number of halogens is 1. The van der Waals surface area contributed by atoms with E-state index >= 15 is 0 Å². The van der Waals surface area contributed by atoms with Crippen molar-refractivity contribution in [3.63, 3.8) is 0 Å². The second-order valence-electron chi connectivity index (χ2n) is 7.44. The number of aromatic amines is 1. The number of hydrogen-bond donors (Lipinski definition) is 2. The molecule has 5 aromatic rings. The molecule has 0 aliphatic rings. The first kappa shape index (κ1) is 19.8. The highest BCUT2D eigenvalue weighted by molar-refractivity contribution is 5.76. The number of H-pyrrole nitrogens is 1. The number of fused-ring (bicyclic) bond motifs is 1. The molecule has 0 unspecified atom stereocenters. The van der Waals surface area contributed by atoms with E-state index in [1.54, 1.807) is 12.1 Å². The van der Waals surface area contributed by atoms with Crippen LogP contribution in [0.25, 0.3) is 22.6 Å². The van der Waals surface area contributed by atoms with Gasteiger partial charge in [0, 0.05) is 23.9 Å². The van der Waals surface area contributed by atoms with E-state index in [0.717, 1.165) is 33.7 Å². The van der Waals surface area contributed by atoms with E-state index in [4.69, 9.17) is 4.74 Å². The van der Waals surface area contributed by atoms with Crippen molar-refractivity contribution in [1.82, 2.24) is 15.0 Å². The fraction of sp³-hybridized carbons (Fsp3) is 0.0769. The summed E-state index contributed by atoms with van der Waals surface area (Å²) in [6.45, 7) is 1.09. The Labute approximate surface area is 184 Å². The van der Waals surface area contributed by atoms with Gasteiger partial charge in [-0.1, -0.05) is 42.5 Å². The highest BCUT2D eigenvalue weighted by Crippen LogP contribution is 2.23. The number of hydrogen-bond acceptors (Lipinski definition) is 4. The zero-order valence-corrected chi connectivity index (χ0v) is 17.3. The summed E-state index contributed by atoms with van der Waals surface area (Å²) < 4.78 is 18.8. The van der Waals surface area contributed by atoms with Crippen molar-refractivity contribution < 1.29 is 9.13 Å². The maximum Gasteiger partial charge on any atom is 0.215 e. The van der Waals surface area contributed by atoms with Crippen molar-refractivity contribution >= 4 is 16.9 Å². The number of rotatable bonds is 7. The monoisotopic (exact) mass is 424 g/mol. The second-order valence-corrected chi connectivity index (χ2v) is 7.44. The molecule has 0 amide bonds. The second kappa shape index (κ2) is 8.89. The molecule has 32 heavy (non-hydrogen) atoms. The number of nitrogens with zero attached hydrogens (tertiary/aromatic N) is 2. The Morgan fingerprint density at radius 1 is 0.781 bits per heavy atom. The van der Waals surface area contributed by atoms with Gasteiger partial charge < -0.3 is 15.0 Å². The summed E-state index contributed by atoms with van der Waals surface area (Å²) in [5.41, 5.74) is 5.51. The van der Waals surface area contributed by atoms with E-state index in [1.807, 2.05) is 66.7 Å². The van der Waals surface area contributed by atoms with Crippen LogP contribution in [0.4, 0.5) is 10.1 Å². The third-order valence-electron chi connectivity index (χ3n) is 5.12. The average Bonchev–Trinajstić information content (AvgIpc) is 3.27. The maximum absolute atomic E-state index is 13.0. The summed E-state index contributed by atoms with van der Waals surface area (Å²) in [6.07, 6.45) is 0. The van der Waals surface area contributed by atoms with Crippen molar-refractivity contribution in [2.45, 2.75) is 13.2 Å². The summed E-state index contributed by atoms with van der Waals surface area (Å²) in [6, 6.07) is 28.2. The largest absolute Gasteiger partial charge is 0.473 e. The molecule has 0 bridgehead atoms. The van der Waals surface area contributed by atoms with E-state index in [9.17, 15) is 4.39 Å². The molecular weight excluding hydrogens is 403 g/mol. The van der Waals surface area contributed by atoms with Gasteiger partial charge in [-0.2, -0.15) is 4.98 Å². The highest BCUT2D eigenvalue weighted by Gasteiger charge is 2.08. The van der Waals surface area contributed by atoms with Gasteiger partial charge in [-0.05, 0) is 53.6 Å². The van der Waals surface area contributed by atoms with Gasteiger partial charge in [-0.3, -0.25) is 0 Å². The fourth-order valence-electron chi connectivity index (χ4n) is 3.38. The molecule has 5 nitrogen and oxygen atoms in total. The standard InChI is InChI=1S/C26H21FN4O/c27-21-10-6-18(7-11-21)16-28-22-12-8-20(9-13-22)25-29-23-14-15-24(30-26(23)31-25)32-17-19-4-2-1-3-5-19/h1-15,28H,16-17H2,(H,29,30,31). The minimum atomic E-state index is -0.228. The molecule has 158 valence electrons. The number of nitrogens with one attached hydrogen (secondary N) is 2. The van der Waals surface area contributed by atoms with Crippen molar-refractivity contribution in [3.05, 3.63) is 108 Å². The topological polar surface area (TPSA) is 62.8 Å². The number of aromatic nitrogens is 3. The summed E-state index contributed by atoms with van der Waals surface area (Å²) in [5, 5.41) is 3.34. The minimum Gasteiger partial charge on any atom is -0.473 e. The molecule has 0 atom stereocenters. The summed E-state index contributed by atoms with van der Waals surface area (Å²) in [5.74, 6) is 1.06. The van der Waals surface area contributed by atoms with Crippen molar-refractivity contribution in [1.29, 1.82) is 0 Å². The first-order valence-corrected chi connectivity index (χ1v) is 10.4. The molecule has 2 heterocycles. The third kappa shape index (κ3) is 4.59. The molecule has 0 radical (unpaired) electrons. The molecule has 5 rings (SSSR count). The molecule has 3 aromatic carbocycles. The van der Waals surface area contributed by atoms with Crippen molar-refractivity contribution in [2.24, 2.45) is 0 Å². The van der Waals surface area contributed by atoms with E-state index in [-0.39, 0.29) is 5.82 Å². The van der Waals surface area contributed by atoms with E-state index in [1.165, 1.54) is 12.1 Å². The normalized spacial score (nSPS) is 10.9.